The minimum Gasteiger partial charge on any atom is -0.168 e. The van der Waals surface area contributed by atoms with Crippen molar-refractivity contribution in [1.82, 2.24) is 0 Å². The topological polar surface area (TPSA) is 0 Å². The van der Waals surface area contributed by atoms with Crippen LogP contribution in [0, 0.1) is 0 Å². The molecule has 0 N–H and O–H groups in total. The lowest BCUT2D eigenvalue weighted by Gasteiger charge is -2.11. The van der Waals surface area contributed by atoms with Gasteiger partial charge in [0.25, 0.3) is 0 Å². The molecular formula is C24H33ClSi. The average molecular weight is 385 g/mol. The molecule has 0 radical (unpaired) electrons. The van der Waals surface area contributed by atoms with Crippen LogP contribution in [-0.4, -0.2) is 7.38 Å². The Balaban J connectivity index is 1.64. The minimum atomic E-state index is -1.35. The Bertz CT molecular complexity index is 653. The molecular weight excluding hydrogens is 352 g/mol. The highest BCUT2D eigenvalue weighted by Gasteiger charge is 2.15. The van der Waals surface area contributed by atoms with Gasteiger partial charge in [-0.2, -0.15) is 11.1 Å². The summed E-state index contributed by atoms with van der Waals surface area (Å²) in [7, 11) is -1.35. The third kappa shape index (κ3) is 7.93. The molecule has 0 aliphatic carbocycles. The van der Waals surface area contributed by atoms with Crippen LogP contribution < -0.4 is 0 Å². The molecule has 140 valence electrons. The molecule has 0 nitrogen and oxygen atoms in total. The van der Waals surface area contributed by atoms with Gasteiger partial charge in [-0.1, -0.05) is 106 Å². The summed E-state index contributed by atoms with van der Waals surface area (Å²) in [4.78, 5) is 0. The van der Waals surface area contributed by atoms with E-state index >= 15 is 0 Å². The Kier molecular flexibility index (Phi) is 8.67. The van der Waals surface area contributed by atoms with Crippen LogP contribution in [0.4, 0.5) is 0 Å². The van der Waals surface area contributed by atoms with Crippen molar-refractivity contribution in [3.8, 4) is 0 Å². The van der Waals surface area contributed by atoms with Crippen molar-refractivity contribution in [1.29, 1.82) is 0 Å². The van der Waals surface area contributed by atoms with Crippen molar-refractivity contribution in [3.05, 3.63) is 77.9 Å². The molecule has 2 aromatic carbocycles. The van der Waals surface area contributed by atoms with Crippen LogP contribution in [-0.2, 0) is 6.42 Å². The van der Waals surface area contributed by atoms with Crippen molar-refractivity contribution in [3.63, 3.8) is 0 Å². The Morgan fingerprint density at radius 1 is 0.769 bits per heavy atom. The number of unbranched alkanes of at least 4 members (excludes halogenated alkanes) is 5. The molecule has 2 rings (SSSR count). The zero-order chi connectivity index (χ0) is 18.8. The maximum absolute atomic E-state index is 6.36. The van der Waals surface area contributed by atoms with Crippen molar-refractivity contribution in [2.45, 2.75) is 64.1 Å². The zero-order valence-corrected chi connectivity index (χ0v) is 18.2. The minimum absolute atomic E-state index is 1.10. The van der Waals surface area contributed by atoms with E-state index in [1.807, 2.05) is 6.07 Å². The Morgan fingerprint density at radius 2 is 1.31 bits per heavy atom. The van der Waals surface area contributed by atoms with Crippen LogP contribution in [0.3, 0.4) is 0 Å². The van der Waals surface area contributed by atoms with Gasteiger partial charge >= 0.3 is 0 Å². The van der Waals surface area contributed by atoms with Crippen LogP contribution in [0.1, 0.15) is 55.2 Å². The monoisotopic (exact) mass is 384 g/mol. The van der Waals surface area contributed by atoms with Crippen molar-refractivity contribution >= 4 is 24.0 Å². The summed E-state index contributed by atoms with van der Waals surface area (Å²) in [6.07, 6.45) is 9.17. The summed E-state index contributed by atoms with van der Waals surface area (Å²) >= 11 is 6.36. The van der Waals surface area contributed by atoms with Crippen molar-refractivity contribution in [2.75, 3.05) is 0 Å². The Morgan fingerprint density at radius 3 is 1.92 bits per heavy atom. The average Bonchev–Trinajstić information content (AvgIpc) is 2.63. The summed E-state index contributed by atoms with van der Waals surface area (Å²) in [6.45, 7) is 8.74. The molecule has 0 bridgehead atoms. The van der Waals surface area contributed by atoms with Gasteiger partial charge in [0.1, 0.15) is 7.38 Å². The van der Waals surface area contributed by atoms with E-state index in [1.165, 1.54) is 67.7 Å². The van der Waals surface area contributed by atoms with Gasteiger partial charge in [-0.05, 0) is 41.1 Å². The van der Waals surface area contributed by atoms with Gasteiger partial charge in [0, 0.05) is 0 Å². The first-order chi connectivity index (χ1) is 12.5. The molecule has 0 aliphatic heterocycles. The fourth-order valence-corrected chi connectivity index (χ4v) is 4.75. The molecule has 0 unspecified atom stereocenters. The highest BCUT2D eigenvalue weighted by molar-refractivity contribution is 7.19. The molecule has 0 aliphatic rings. The van der Waals surface area contributed by atoms with Crippen LogP contribution >= 0.6 is 11.1 Å². The molecule has 0 saturated carbocycles. The number of hydrogen-bond donors (Lipinski definition) is 0. The van der Waals surface area contributed by atoms with E-state index in [-0.39, 0.29) is 0 Å². The highest BCUT2D eigenvalue weighted by Crippen LogP contribution is 2.22. The van der Waals surface area contributed by atoms with E-state index in [4.69, 9.17) is 11.1 Å². The number of halogens is 1. The second-order valence-corrected chi connectivity index (χ2v) is 14.9. The van der Waals surface area contributed by atoms with E-state index in [2.05, 4.69) is 68.2 Å². The first-order valence-corrected chi connectivity index (χ1v) is 14.2. The summed E-state index contributed by atoms with van der Waals surface area (Å²) in [6, 6.07) is 20.6. The van der Waals surface area contributed by atoms with Crippen molar-refractivity contribution < 1.29 is 0 Å². The van der Waals surface area contributed by atoms with Crippen molar-refractivity contribution in [2.24, 2.45) is 0 Å². The molecule has 26 heavy (non-hydrogen) atoms. The SMILES string of the molecule is C=C(c1ccccc1)c1ccc(CCCCCCCC[Si](C)(C)Cl)cc1. The molecule has 0 heterocycles. The van der Waals surface area contributed by atoms with Gasteiger partial charge in [0.05, 0.1) is 0 Å². The second-order valence-electron chi connectivity index (χ2n) is 7.88. The standard InChI is InChI=1S/C24H33ClSi/c1-21(23-14-10-8-11-15-23)24-18-16-22(17-19-24)13-9-6-4-5-7-12-20-26(2,3)25/h8,10-11,14-19H,1,4-7,9,12-13,20H2,2-3H3. The Hall–Kier alpha value is -1.31. The van der Waals surface area contributed by atoms with E-state index < -0.39 is 7.38 Å². The quantitative estimate of drug-likeness (QED) is 0.208. The van der Waals surface area contributed by atoms with Crippen LogP contribution in [0.25, 0.3) is 5.57 Å². The van der Waals surface area contributed by atoms with Crippen LogP contribution in [0.15, 0.2) is 61.2 Å². The zero-order valence-electron chi connectivity index (χ0n) is 16.4. The second kappa shape index (κ2) is 10.7. The summed E-state index contributed by atoms with van der Waals surface area (Å²) in [5.41, 5.74) is 4.94. The molecule has 2 heteroatoms. The maximum atomic E-state index is 6.36. The molecule has 2 aromatic rings. The number of rotatable bonds is 11. The van der Waals surface area contributed by atoms with E-state index in [0.29, 0.717) is 0 Å². The largest absolute Gasteiger partial charge is 0.168 e. The number of hydrogen-bond acceptors (Lipinski definition) is 0. The van der Waals surface area contributed by atoms with Gasteiger partial charge in [-0.25, -0.2) is 0 Å². The fraction of sp³-hybridized carbons (Fsp3) is 0.417. The third-order valence-corrected chi connectivity index (χ3v) is 7.02. The van der Waals surface area contributed by atoms with Gasteiger partial charge in [-0.3, -0.25) is 0 Å². The lowest BCUT2D eigenvalue weighted by Crippen LogP contribution is -2.14. The van der Waals surface area contributed by atoms with Gasteiger partial charge in [0.2, 0.25) is 0 Å². The van der Waals surface area contributed by atoms with Gasteiger partial charge < -0.3 is 0 Å². The number of benzene rings is 2. The van der Waals surface area contributed by atoms with E-state index in [0.717, 1.165) is 5.57 Å². The van der Waals surface area contributed by atoms with Crippen LogP contribution in [0.2, 0.25) is 19.1 Å². The van der Waals surface area contributed by atoms with Gasteiger partial charge in [0.15, 0.2) is 0 Å². The smallest absolute Gasteiger partial charge is 0.150 e. The predicted molar refractivity (Wildman–Crippen MR) is 121 cm³/mol. The molecule has 0 spiro atoms. The van der Waals surface area contributed by atoms with E-state index in [9.17, 15) is 0 Å². The molecule has 0 amide bonds. The van der Waals surface area contributed by atoms with Gasteiger partial charge in [-0.15, -0.1) is 0 Å². The molecule has 0 atom stereocenters. The Labute approximate surface area is 166 Å². The highest BCUT2D eigenvalue weighted by atomic mass is 35.6. The molecule has 0 aromatic heterocycles. The lowest BCUT2D eigenvalue weighted by atomic mass is 9.97. The molecule has 0 saturated heterocycles. The first kappa shape index (κ1) is 21.0. The summed E-state index contributed by atoms with van der Waals surface area (Å²) < 4.78 is 0. The first-order valence-electron chi connectivity index (χ1n) is 9.98. The van der Waals surface area contributed by atoms with E-state index in [1.54, 1.807) is 0 Å². The summed E-state index contributed by atoms with van der Waals surface area (Å²) in [5, 5.41) is 0. The summed E-state index contributed by atoms with van der Waals surface area (Å²) in [5.74, 6) is 0. The maximum Gasteiger partial charge on any atom is 0.150 e. The number of aryl methyl sites for hydroxylation is 1. The third-order valence-electron chi connectivity index (χ3n) is 4.91. The lowest BCUT2D eigenvalue weighted by molar-refractivity contribution is 0.606. The predicted octanol–water partition coefficient (Wildman–Crippen LogP) is 8.08. The fourth-order valence-electron chi connectivity index (χ4n) is 3.26. The normalized spacial score (nSPS) is 11.5. The molecule has 0 fully saturated rings. The van der Waals surface area contributed by atoms with Crippen LogP contribution in [0.5, 0.6) is 0 Å².